The zero-order valence-corrected chi connectivity index (χ0v) is 21.7. The van der Waals surface area contributed by atoms with Gasteiger partial charge in [0.25, 0.3) is 0 Å². The molecule has 3 aromatic rings. The number of aliphatic hydroxyl groups excluding tert-OH is 2. The van der Waals surface area contributed by atoms with Gasteiger partial charge in [-0.1, -0.05) is 38.5 Å². The second-order valence-electron chi connectivity index (χ2n) is 8.37. The van der Waals surface area contributed by atoms with Crippen molar-refractivity contribution in [3.8, 4) is 11.3 Å². The zero-order valence-electron chi connectivity index (χ0n) is 19.3. The maximum absolute atomic E-state index is 8.56. The molecule has 0 fully saturated rings. The van der Waals surface area contributed by atoms with Crippen LogP contribution in [0.2, 0.25) is 0 Å². The van der Waals surface area contributed by atoms with Gasteiger partial charge in [-0.2, -0.15) is 0 Å². The minimum Gasteiger partial charge on any atom is -0.393 e. The van der Waals surface area contributed by atoms with Gasteiger partial charge in [-0.25, -0.2) is 0 Å². The zero-order chi connectivity index (χ0) is 21.9. The van der Waals surface area contributed by atoms with E-state index in [1.165, 1.54) is 38.8 Å². The van der Waals surface area contributed by atoms with Crippen molar-refractivity contribution in [1.82, 2.24) is 4.98 Å². The van der Waals surface area contributed by atoms with Crippen molar-refractivity contribution in [1.29, 1.82) is 0 Å². The van der Waals surface area contributed by atoms with Crippen molar-refractivity contribution in [3.63, 3.8) is 0 Å². The SMILES string of the molecule is CC(O)CC(C)O.Cc1[c-]c(-c2nc3cc(C)cc(C)c3cc2C)c(C)c(C)c1.[Ir]. The van der Waals surface area contributed by atoms with E-state index in [0.717, 1.165) is 16.8 Å². The summed E-state index contributed by atoms with van der Waals surface area (Å²) in [7, 11) is 0. The summed E-state index contributed by atoms with van der Waals surface area (Å²) in [6.07, 6.45) is -0.278. The molecule has 2 N–H and O–H groups in total. The van der Waals surface area contributed by atoms with Gasteiger partial charge in [0, 0.05) is 25.5 Å². The van der Waals surface area contributed by atoms with E-state index >= 15 is 0 Å². The number of benzene rings is 2. The van der Waals surface area contributed by atoms with Crippen LogP contribution in [0.15, 0.2) is 24.3 Å². The molecule has 0 aliphatic carbocycles. The van der Waals surface area contributed by atoms with Crippen LogP contribution in [0, 0.1) is 47.6 Å². The Hall–Kier alpha value is -1.58. The predicted octanol–water partition coefficient (Wildman–Crippen LogP) is 5.69. The average molecular weight is 585 g/mol. The maximum atomic E-state index is 8.56. The van der Waals surface area contributed by atoms with E-state index in [9.17, 15) is 0 Å². The summed E-state index contributed by atoms with van der Waals surface area (Å²) in [5.41, 5.74) is 10.8. The number of nitrogens with zero attached hydrogens (tertiary/aromatic N) is 1. The molecule has 165 valence electrons. The Balaban J connectivity index is 0.000000489. The van der Waals surface area contributed by atoms with Crippen molar-refractivity contribution in [3.05, 3.63) is 63.7 Å². The normalized spacial score (nSPS) is 12.6. The first kappa shape index (κ1) is 26.5. The number of rotatable bonds is 3. The fourth-order valence-electron chi connectivity index (χ4n) is 3.67. The Morgan fingerprint density at radius 1 is 0.833 bits per heavy atom. The van der Waals surface area contributed by atoms with Crippen LogP contribution in [0.3, 0.4) is 0 Å². The van der Waals surface area contributed by atoms with Crippen molar-refractivity contribution < 1.29 is 30.3 Å². The molecular weight excluding hydrogens is 551 g/mol. The molecule has 0 saturated carbocycles. The summed E-state index contributed by atoms with van der Waals surface area (Å²) in [6.45, 7) is 16.2. The number of pyridine rings is 1. The number of aliphatic hydroxyl groups is 2. The van der Waals surface area contributed by atoms with Crippen LogP contribution in [0.1, 0.15) is 53.6 Å². The predicted molar refractivity (Wildman–Crippen MR) is 122 cm³/mol. The van der Waals surface area contributed by atoms with Crippen LogP contribution in [-0.4, -0.2) is 27.4 Å². The second-order valence-corrected chi connectivity index (χ2v) is 8.37. The Labute approximate surface area is 194 Å². The molecular formula is C26H34IrNO2-. The molecule has 0 spiro atoms. The van der Waals surface area contributed by atoms with E-state index in [1.807, 2.05) is 0 Å². The van der Waals surface area contributed by atoms with Crippen molar-refractivity contribution >= 4 is 10.9 Å². The van der Waals surface area contributed by atoms with E-state index in [2.05, 4.69) is 71.9 Å². The van der Waals surface area contributed by atoms with Gasteiger partial charge in [0.1, 0.15) is 0 Å². The number of hydrogen-bond donors (Lipinski definition) is 2. The molecule has 3 rings (SSSR count). The fourth-order valence-corrected chi connectivity index (χ4v) is 3.67. The van der Waals surface area contributed by atoms with Crippen LogP contribution in [0.25, 0.3) is 22.2 Å². The Kier molecular flexibility index (Phi) is 9.84. The van der Waals surface area contributed by atoms with Gasteiger partial charge in [0.15, 0.2) is 0 Å². The van der Waals surface area contributed by atoms with E-state index in [-0.39, 0.29) is 32.3 Å². The molecule has 0 saturated heterocycles. The van der Waals surface area contributed by atoms with Crippen LogP contribution in [-0.2, 0) is 20.1 Å². The number of fused-ring (bicyclic) bond motifs is 1. The van der Waals surface area contributed by atoms with Crippen LogP contribution in [0.4, 0.5) is 0 Å². The van der Waals surface area contributed by atoms with Gasteiger partial charge in [0.2, 0.25) is 0 Å². The molecule has 1 heterocycles. The van der Waals surface area contributed by atoms with E-state index < -0.39 is 0 Å². The van der Waals surface area contributed by atoms with Gasteiger partial charge < -0.3 is 10.2 Å². The number of aryl methyl sites for hydroxylation is 5. The topological polar surface area (TPSA) is 53.4 Å². The largest absolute Gasteiger partial charge is 0.393 e. The Morgan fingerprint density at radius 3 is 1.97 bits per heavy atom. The van der Waals surface area contributed by atoms with Gasteiger partial charge in [-0.15, -0.1) is 34.4 Å². The van der Waals surface area contributed by atoms with Gasteiger partial charge >= 0.3 is 0 Å². The quantitative estimate of drug-likeness (QED) is 0.389. The van der Waals surface area contributed by atoms with Crippen LogP contribution in [0.5, 0.6) is 0 Å². The molecule has 30 heavy (non-hydrogen) atoms. The molecule has 1 aromatic heterocycles. The van der Waals surface area contributed by atoms with Gasteiger partial charge in [0.05, 0.1) is 17.7 Å². The molecule has 2 unspecified atom stereocenters. The molecule has 0 amide bonds. The monoisotopic (exact) mass is 585 g/mol. The van der Waals surface area contributed by atoms with Crippen molar-refractivity contribution in [2.45, 2.75) is 74.0 Å². The molecule has 2 aromatic carbocycles. The first-order valence-electron chi connectivity index (χ1n) is 10.2. The van der Waals surface area contributed by atoms with Crippen LogP contribution >= 0.6 is 0 Å². The second kappa shape index (κ2) is 11.2. The molecule has 0 aliphatic heterocycles. The first-order valence-corrected chi connectivity index (χ1v) is 10.2. The minimum atomic E-state index is -0.375. The minimum absolute atomic E-state index is 0. The molecule has 0 aliphatic rings. The Bertz CT molecular complexity index is 1000. The molecule has 3 nitrogen and oxygen atoms in total. The summed E-state index contributed by atoms with van der Waals surface area (Å²) >= 11 is 0. The van der Waals surface area contributed by atoms with Gasteiger partial charge in [-0.05, 0) is 63.9 Å². The number of aromatic nitrogens is 1. The first-order chi connectivity index (χ1) is 13.5. The molecule has 4 heteroatoms. The van der Waals surface area contributed by atoms with E-state index in [1.54, 1.807) is 13.8 Å². The third-order valence-corrected chi connectivity index (χ3v) is 5.12. The summed E-state index contributed by atoms with van der Waals surface area (Å²) in [4.78, 5) is 4.98. The summed E-state index contributed by atoms with van der Waals surface area (Å²) in [6, 6.07) is 12.3. The van der Waals surface area contributed by atoms with Gasteiger partial charge in [-0.3, -0.25) is 4.98 Å². The molecule has 2 atom stereocenters. The molecule has 0 bridgehead atoms. The smallest absolute Gasteiger partial charge is 0.0600 e. The number of hydrogen-bond acceptors (Lipinski definition) is 3. The van der Waals surface area contributed by atoms with Crippen LogP contribution < -0.4 is 0 Å². The summed E-state index contributed by atoms with van der Waals surface area (Å²) in [5, 5.41) is 18.4. The summed E-state index contributed by atoms with van der Waals surface area (Å²) in [5.74, 6) is 0. The molecule has 1 radical (unpaired) electrons. The fraction of sp³-hybridized carbons (Fsp3) is 0.423. The summed E-state index contributed by atoms with van der Waals surface area (Å²) < 4.78 is 0. The maximum Gasteiger partial charge on any atom is 0.0600 e. The standard InChI is InChI=1S/C21H22N.C5H12O2.Ir/c1-12-7-14(3)17(6)19(9-12)21-16(5)11-18-15(4)8-13(2)10-20(18)22-21;1-4(6)3-5(2)7;/h7-8,10-11H,1-6H3;4-7H,3H2,1-2H3;/q-1;;. The third-order valence-electron chi connectivity index (χ3n) is 5.12. The van der Waals surface area contributed by atoms with Crippen molar-refractivity contribution in [2.24, 2.45) is 0 Å². The Morgan fingerprint density at radius 2 is 1.43 bits per heavy atom. The van der Waals surface area contributed by atoms with E-state index in [4.69, 9.17) is 15.2 Å². The average Bonchev–Trinajstić information content (AvgIpc) is 2.58. The van der Waals surface area contributed by atoms with E-state index in [0.29, 0.717) is 6.42 Å². The van der Waals surface area contributed by atoms with Crippen molar-refractivity contribution in [2.75, 3.05) is 0 Å². The third kappa shape index (κ3) is 6.72.